The Hall–Kier alpha value is -1.73. The normalized spacial score (nSPS) is 20.2. The molecule has 1 heterocycles. The highest BCUT2D eigenvalue weighted by atomic mass is 32.1. The Labute approximate surface area is 99.2 Å². The van der Waals surface area contributed by atoms with Crippen molar-refractivity contribution in [1.29, 1.82) is 5.26 Å². The van der Waals surface area contributed by atoms with E-state index in [-0.39, 0.29) is 11.8 Å². The molecule has 0 aliphatic carbocycles. The standard InChI is InChI=1S/C12H10N2OS/c13-7-10-9(6-11(15)14-12(10)16)8-4-2-1-3-5-8/h1-5,9,16H,6H2,(H,14,15)/t9-/m0/s1. The summed E-state index contributed by atoms with van der Waals surface area (Å²) in [5.74, 6) is -0.273. The summed E-state index contributed by atoms with van der Waals surface area (Å²) in [4.78, 5) is 11.4. The summed E-state index contributed by atoms with van der Waals surface area (Å²) >= 11 is 4.13. The van der Waals surface area contributed by atoms with Crippen molar-refractivity contribution < 1.29 is 4.79 Å². The van der Waals surface area contributed by atoms with Crippen LogP contribution in [0, 0.1) is 11.3 Å². The van der Waals surface area contributed by atoms with Gasteiger partial charge in [-0.05, 0) is 5.56 Å². The molecule has 3 nitrogen and oxygen atoms in total. The number of thiol groups is 1. The van der Waals surface area contributed by atoms with E-state index in [4.69, 9.17) is 5.26 Å². The molecule has 0 fully saturated rings. The maximum atomic E-state index is 11.4. The van der Waals surface area contributed by atoms with Gasteiger partial charge in [-0.1, -0.05) is 30.3 Å². The number of nitrogens with zero attached hydrogens (tertiary/aromatic N) is 1. The van der Waals surface area contributed by atoms with Crippen molar-refractivity contribution in [2.24, 2.45) is 0 Å². The van der Waals surface area contributed by atoms with E-state index in [1.54, 1.807) is 0 Å². The summed E-state index contributed by atoms with van der Waals surface area (Å²) in [5.41, 5.74) is 1.49. The number of rotatable bonds is 1. The predicted molar refractivity (Wildman–Crippen MR) is 63.6 cm³/mol. The van der Waals surface area contributed by atoms with Crippen LogP contribution in [0.2, 0.25) is 0 Å². The van der Waals surface area contributed by atoms with Crippen molar-refractivity contribution in [2.45, 2.75) is 12.3 Å². The van der Waals surface area contributed by atoms with Gasteiger partial charge < -0.3 is 5.32 Å². The quantitative estimate of drug-likeness (QED) is 0.724. The number of nitrogens with one attached hydrogen (secondary N) is 1. The molecule has 0 bridgehead atoms. The fourth-order valence-electron chi connectivity index (χ4n) is 1.80. The minimum absolute atomic E-state index is 0.0992. The van der Waals surface area contributed by atoms with Gasteiger partial charge in [-0.15, -0.1) is 12.6 Å². The van der Waals surface area contributed by atoms with Crippen LogP contribution in [0.1, 0.15) is 17.9 Å². The van der Waals surface area contributed by atoms with Crippen LogP contribution in [0.25, 0.3) is 0 Å². The van der Waals surface area contributed by atoms with Gasteiger partial charge >= 0.3 is 0 Å². The minimum Gasteiger partial charge on any atom is -0.320 e. The van der Waals surface area contributed by atoms with Crippen LogP contribution >= 0.6 is 12.6 Å². The summed E-state index contributed by atoms with van der Waals surface area (Å²) in [7, 11) is 0. The first-order chi connectivity index (χ1) is 7.72. The smallest absolute Gasteiger partial charge is 0.225 e. The highest BCUT2D eigenvalue weighted by Gasteiger charge is 2.27. The Morgan fingerprint density at radius 1 is 1.38 bits per heavy atom. The highest BCUT2D eigenvalue weighted by Crippen LogP contribution is 2.32. The third-order valence-corrected chi connectivity index (χ3v) is 2.93. The van der Waals surface area contributed by atoms with Gasteiger partial charge in [0.25, 0.3) is 0 Å². The number of carbonyl (C=O) groups excluding carboxylic acids is 1. The Morgan fingerprint density at radius 3 is 2.69 bits per heavy atom. The molecule has 0 unspecified atom stereocenters. The molecule has 0 saturated heterocycles. The molecule has 1 aromatic carbocycles. The van der Waals surface area contributed by atoms with Crippen LogP contribution in [0.4, 0.5) is 0 Å². The number of hydrogen-bond acceptors (Lipinski definition) is 3. The molecule has 1 N–H and O–H groups in total. The lowest BCUT2D eigenvalue weighted by atomic mass is 9.87. The van der Waals surface area contributed by atoms with Crippen molar-refractivity contribution in [3.8, 4) is 6.07 Å². The number of allylic oxidation sites excluding steroid dienone is 1. The Morgan fingerprint density at radius 2 is 2.06 bits per heavy atom. The fourth-order valence-corrected chi connectivity index (χ4v) is 2.13. The van der Waals surface area contributed by atoms with E-state index in [1.807, 2.05) is 30.3 Å². The summed E-state index contributed by atoms with van der Waals surface area (Å²) < 4.78 is 0. The van der Waals surface area contributed by atoms with Crippen molar-refractivity contribution >= 4 is 18.5 Å². The second kappa shape index (κ2) is 4.42. The number of carbonyl (C=O) groups is 1. The Kier molecular flexibility index (Phi) is 2.97. The molecule has 0 spiro atoms. The van der Waals surface area contributed by atoms with Gasteiger partial charge in [-0.25, -0.2) is 0 Å². The molecule has 1 aliphatic rings. The summed E-state index contributed by atoms with van der Waals surface area (Å²) in [6.45, 7) is 0. The lowest BCUT2D eigenvalue weighted by molar-refractivity contribution is -0.120. The second-order valence-corrected chi connectivity index (χ2v) is 4.04. The number of nitriles is 1. The minimum atomic E-state index is -0.174. The molecule has 4 heteroatoms. The van der Waals surface area contributed by atoms with Gasteiger partial charge in [0.15, 0.2) is 0 Å². The van der Waals surface area contributed by atoms with E-state index < -0.39 is 0 Å². The lowest BCUT2D eigenvalue weighted by Crippen LogP contribution is -2.29. The number of amides is 1. The van der Waals surface area contributed by atoms with Gasteiger partial charge in [0.1, 0.15) is 0 Å². The fraction of sp³-hybridized carbons (Fsp3) is 0.167. The van der Waals surface area contributed by atoms with Crippen molar-refractivity contribution in [3.63, 3.8) is 0 Å². The van der Waals surface area contributed by atoms with Crippen molar-refractivity contribution in [1.82, 2.24) is 5.32 Å². The zero-order valence-corrected chi connectivity index (χ0v) is 9.37. The predicted octanol–water partition coefficient (Wildman–Crippen LogP) is 1.96. The molecule has 0 saturated carbocycles. The summed E-state index contributed by atoms with van der Waals surface area (Å²) in [6.07, 6.45) is 0.303. The lowest BCUT2D eigenvalue weighted by Gasteiger charge is -2.22. The molecule has 1 amide bonds. The van der Waals surface area contributed by atoms with Crippen LogP contribution in [-0.2, 0) is 4.79 Å². The van der Waals surface area contributed by atoms with Crippen molar-refractivity contribution in [2.75, 3.05) is 0 Å². The molecule has 2 rings (SSSR count). The van der Waals surface area contributed by atoms with Crippen LogP contribution in [0.15, 0.2) is 40.9 Å². The third kappa shape index (κ3) is 1.95. The molecule has 0 radical (unpaired) electrons. The van der Waals surface area contributed by atoms with E-state index in [2.05, 4.69) is 24.0 Å². The topological polar surface area (TPSA) is 52.9 Å². The summed E-state index contributed by atoms with van der Waals surface area (Å²) in [5, 5.41) is 12.0. The SMILES string of the molecule is N#CC1=C(S)NC(=O)C[C@H]1c1ccccc1. The van der Waals surface area contributed by atoms with Gasteiger partial charge in [-0.3, -0.25) is 4.79 Å². The number of benzene rings is 1. The van der Waals surface area contributed by atoms with Crippen LogP contribution in [-0.4, -0.2) is 5.91 Å². The van der Waals surface area contributed by atoms with E-state index in [0.717, 1.165) is 5.56 Å². The molecule has 80 valence electrons. The molecular formula is C12H10N2OS. The van der Waals surface area contributed by atoms with Crippen LogP contribution in [0.5, 0.6) is 0 Å². The molecule has 1 aliphatic heterocycles. The van der Waals surface area contributed by atoms with Gasteiger partial charge in [-0.2, -0.15) is 5.26 Å². The number of hydrogen-bond donors (Lipinski definition) is 2. The molecule has 16 heavy (non-hydrogen) atoms. The average molecular weight is 230 g/mol. The van der Waals surface area contributed by atoms with E-state index in [9.17, 15) is 4.79 Å². The molecule has 1 atom stereocenters. The maximum absolute atomic E-state index is 11.4. The van der Waals surface area contributed by atoms with Gasteiger partial charge in [0.05, 0.1) is 16.7 Å². The first-order valence-electron chi connectivity index (χ1n) is 4.90. The largest absolute Gasteiger partial charge is 0.320 e. The van der Waals surface area contributed by atoms with Crippen LogP contribution in [0.3, 0.4) is 0 Å². The molecule has 1 aromatic rings. The van der Waals surface area contributed by atoms with Gasteiger partial charge in [0, 0.05) is 12.3 Å². The first kappa shape index (κ1) is 10.8. The highest BCUT2D eigenvalue weighted by molar-refractivity contribution is 7.84. The van der Waals surface area contributed by atoms with E-state index in [0.29, 0.717) is 17.0 Å². The monoisotopic (exact) mass is 230 g/mol. The molecule has 0 aromatic heterocycles. The van der Waals surface area contributed by atoms with Crippen molar-refractivity contribution in [3.05, 3.63) is 46.5 Å². The zero-order valence-electron chi connectivity index (χ0n) is 8.47. The average Bonchev–Trinajstić information content (AvgIpc) is 2.29. The molecular weight excluding hydrogens is 220 g/mol. The first-order valence-corrected chi connectivity index (χ1v) is 5.35. The Balaban J connectivity index is 2.45. The van der Waals surface area contributed by atoms with E-state index in [1.165, 1.54) is 0 Å². The second-order valence-electron chi connectivity index (χ2n) is 3.59. The Bertz CT molecular complexity index is 487. The zero-order chi connectivity index (χ0) is 11.5. The van der Waals surface area contributed by atoms with Gasteiger partial charge in [0.2, 0.25) is 5.91 Å². The van der Waals surface area contributed by atoms with Crippen LogP contribution < -0.4 is 5.32 Å². The third-order valence-electron chi connectivity index (χ3n) is 2.57. The maximum Gasteiger partial charge on any atom is 0.225 e. The summed E-state index contributed by atoms with van der Waals surface area (Å²) in [6, 6.07) is 11.7. The van der Waals surface area contributed by atoms with E-state index >= 15 is 0 Å².